The third kappa shape index (κ3) is 6.30. The van der Waals surface area contributed by atoms with Crippen LogP contribution in [-0.2, 0) is 9.47 Å². The van der Waals surface area contributed by atoms with Gasteiger partial charge in [0.1, 0.15) is 5.60 Å². The van der Waals surface area contributed by atoms with Crippen LogP contribution in [0.2, 0.25) is 0 Å². The summed E-state index contributed by atoms with van der Waals surface area (Å²) in [6, 6.07) is 0. The van der Waals surface area contributed by atoms with Gasteiger partial charge in [-0.1, -0.05) is 6.92 Å². The summed E-state index contributed by atoms with van der Waals surface area (Å²) in [6.45, 7) is 13.5. The minimum absolute atomic E-state index is 0.168. The highest BCUT2D eigenvalue weighted by Gasteiger charge is 2.29. The van der Waals surface area contributed by atoms with Gasteiger partial charge in [0.05, 0.1) is 0 Å². The molecule has 0 radical (unpaired) electrons. The monoisotopic (exact) mass is 326 g/mol. The molecule has 0 aromatic carbocycles. The number of ether oxygens (including phenoxy) is 2. The van der Waals surface area contributed by atoms with E-state index in [-0.39, 0.29) is 6.09 Å². The number of hydrogen-bond donors (Lipinski definition) is 1. The van der Waals surface area contributed by atoms with Gasteiger partial charge in [-0.2, -0.15) is 0 Å². The first-order valence-corrected chi connectivity index (χ1v) is 9.04. The van der Waals surface area contributed by atoms with Crippen LogP contribution in [0.4, 0.5) is 4.79 Å². The molecule has 2 aliphatic heterocycles. The first kappa shape index (κ1) is 18.5. The molecule has 0 spiro atoms. The molecular weight excluding hydrogens is 292 g/mol. The Hall–Kier alpha value is -0.810. The molecule has 2 heterocycles. The van der Waals surface area contributed by atoms with Gasteiger partial charge in [-0.25, -0.2) is 4.79 Å². The molecule has 1 N–H and O–H groups in total. The quantitative estimate of drug-likeness (QED) is 0.863. The zero-order valence-corrected chi connectivity index (χ0v) is 15.3. The van der Waals surface area contributed by atoms with E-state index >= 15 is 0 Å². The van der Waals surface area contributed by atoms with Gasteiger partial charge in [0.25, 0.3) is 0 Å². The first-order valence-electron chi connectivity index (χ1n) is 9.04. The summed E-state index contributed by atoms with van der Waals surface area (Å²) < 4.78 is 10.9. The van der Waals surface area contributed by atoms with E-state index in [1.807, 2.05) is 25.7 Å². The van der Waals surface area contributed by atoms with Gasteiger partial charge >= 0.3 is 6.09 Å². The minimum Gasteiger partial charge on any atom is -0.444 e. The Morgan fingerprint density at radius 1 is 1.35 bits per heavy atom. The lowest BCUT2D eigenvalue weighted by Gasteiger charge is -2.36. The van der Waals surface area contributed by atoms with E-state index in [4.69, 9.17) is 9.47 Å². The first-order chi connectivity index (χ1) is 10.8. The fraction of sp³-hybridized carbons (Fsp3) is 0.944. The highest BCUT2D eigenvalue weighted by Crippen LogP contribution is 2.29. The van der Waals surface area contributed by atoms with Crippen LogP contribution < -0.4 is 5.32 Å². The summed E-state index contributed by atoms with van der Waals surface area (Å²) in [5.74, 6) is 0.528. The van der Waals surface area contributed by atoms with E-state index in [1.54, 1.807) is 0 Å². The van der Waals surface area contributed by atoms with Crippen molar-refractivity contribution in [2.24, 2.45) is 11.3 Å². The Bertz CT molecular complexity index is 386. The molecule has 0 aromatic heterocycles. The van der Waals surface area contributed by atoms with E-state index in [1.165, 1.54) is 6.42 Å². The van der Waals surface area contributed by atoms with Crippen LogP contribution in [0.1, 0.15) is 53.4 Å². The average Bonchev–Trinajstić information content (AvgIpc) is 2.46. The number of rotatable bonds is 4. The lowest BCUT2D eigenvalue weighted by Crippen LogP contribution is -2.46. The summed E-state index contributed by atoms with van der Waals surface area (Å²) in [5.41, 5.74) is -0.0578. The van der Waals surface area contributed by atoms with E-state index in [2.05, 4.69) is 12.2 Å². The van der Waals surface area contributed by atoms with Crippen LogP contribution >= 0.6 is 0 Å². The summed E-state index contributed by atoms with van der Waals surface area (Å²) in [5, 5.41) is 3.64. The van der Waals surface area contributed by atoms with Crippen molar-refractivity contribution >= 4 is 6.09 Å². The lowest BCUT2D eigenvalue weighted by molar-refractivity contribution is 0.0144. The maximum absolute atomic E-state index is 12.2. The third-order valence-corrected chi connectivity index (χ3v) is 4.86. The van der Waals surface area contributed by atoms with Crippen LogP contribution in [0.15, 0.2) is 0 Å². The number of carbonyl (C=O) groups excluding carboxylic acids is 1. The number of nitrogens with zero attached hydrogens (tertiary/aromatic N) is 1. The predicted octanol–water partition coefficient (Wildman–Crippen LogP) is 3.04. The van der Waals surface area contributed by atoms with Crippen molar-refractivity contribution in [3.8, 4) is 0 Å². The van der Waals surface area contributed by atoms with Gasteiger partial charge in [-0.3, -0.25) is 0 Å². The number of amides is 1. The van der Waals surface area contributed by atoms with Crippen LogP contribution in [0, 0.1) is 11.3 Å². The van der Waals surface area contributed by atoms with Crippen molar-refractivity contribution < 1.29 is 14.3 Å². The average molecular weight is 326 g/mol. The van der Waals surface area contributed by atoms with Crippen molar-refractivity contribution in [3.05, 3.63) is 0 Å². The highest BCUT2D eigenvalue weighted by molar-refractivity contribution is 5.68. The molecule has 5 nitrogen and oxygen atoms in total. The van der Waals surface area contributed by atoms with E-state index < -0.39 is 5.60 Å². The predicted molar refractivity (Wildman–Crippen MR) is 91.6 cm³/mol. The Kier molecular flexibility index (Phi) is 6.32. The number of carbonyl (C=O) groups is 1. The van der Waals surface area contributed by atoms with Crippen LogP contribution in [0.5, 0.6) is 0 Å². The maximum Gasteiger partial charge on any atom is 0.410 e. The Balaban J connectivity index is 1.72. The maximum atomic E-state index is 12.2. The van der Waals surface area contributed by atoms with Crippen molar-refractivity contribution in [2.45, 2.75) is 59.0 Å². The van der Waals surface area contributed by atoms with E-state index in [0.29, 0.717) is 11.3 Å². The lowest BCUT2D eigenvalue weighted by atomic mass is 9.82. The molecule has 0 saturated carbocycles. The van der Waals surface area contributed by atoms with Crippen molar-refractivity contribution in [3.63, 3.8) is 0 Å². The summed E-state index contributed by atoms with van der Waals surface area (Å²) >= 11 is 0. The van der Waals surface area contributed by atoms with Crippen LogP contribution in [0.25, 0.3) is 0 Å². The normalized spacial score (nSPS) is 25.2. The summed E-state index contributed by atoms with van der Waals surface area (Å²) in [4.78, 5) is 14.1. The second-order valence-electron chi connectivity index (χ2n) is 8.49. The Morgan fingerprint density at radius 2 is 2.04 bits per heavy atom. The van der Waals surface area contributed by atoms with Gasteiger partial charge in [0, 0.05) is 32.8 Å². The van der Waals surface area contributed by atoms with E-state index in [9.17, 15) is 4.79 Å². The molecule has 1 atom stereocenters. The van der Waals surface area contributed by atoms with Gasteiger partial charge < -0.3 is 19.7 Å². The number of nitrogens with one attached hydrogen (secondary N) is 1. The smallest absolute Gasteiger partial charge is 0.410 e. The molecule has 2 saturated heterocycles. The largest absolute Gasteiger partial charge is 0.444 e. The molecule has 0 aromatic rings. The van der Waals surface area contributed by atoms with E-state index in [0.717, 1.165) is 58.7 Å². The fourth-order valence-electron chi connectivity index (χ4n) is 3.34. The van der Waals surface area contributed by atoms with Crippen molar-refractivity contribution in [1.29, 1.82) is 0 Å². The molecule has 5 heteroatoms. The third-order valence-electron chi connectivity index (χ3n) is 4.86. The molecule has 0 bridgehead atoms. The standard InChI is InChI=1S/C18H34N2O3/c1-17(2,3)23-16(21)20-9-5-6-15(13-20)12-19-14-18(4)7-10-22-11-8-18/h15,19H,5-14H2,1-4H3. The number of likely N-dealkylation sites (tertiary alicyclic amines) is 1. The molecule has 1 amide bonds. The highest BCUT2D eigenvalue weighted by atomic mass is 16.6. The van der Waals surface area contributed by atoms with Crippen LogP contribution in [0.3, 0.4) is 0 Å². The van der Waals surface area contributed by atoms with Gasteiger partial charge in [-0.15, -0.1) is 0 Å². The topological polar surface area (TPSA) is 50.8 Å². The number of hydrogen-bond acceptors (Lipinski definition) is 4. The van der Waals surface area contributed by atoms with Gasteiger partial charge in [0.15, 0.2) is 0 Å². The molecule has 134 valence electrons. The van der Waals surface area contributed by atoms with Crippen molar-refractivity contribution in [1.82, 2.24) is 10.2 Å². The van der Waals surface area contributed by atoms with Gasteiger partial charge in [0.2, 0.25) is 0 Å². The fourth-order valence-corrected chi connectivity index (χ4v) is 3.34. The molecule has 2 aliphatic rings. The second-order valence-corrected chi connectivity index (χ2v) is 8.49. The van der Waals surface area contributed by atoms with Crippen LogP contribution in [-0.4, -0.2) is 56.0 Å². The molecule has 23 heavy (non-hydrogen) atoms. The second kappa shape index (κ2) is 7.84. The van der Waals surface area contributed by atoms with Crippen molar-refractivity contribution in [2.75, 3.05) is 39.4 Å². The van der Waals surface area contributed by atoms with Gasteiger partial charge in [-0.05, 0) is 64.3 Å². The molecule has 2 fully saturated rings. The molecule has 1 unspecified atom stereocenters. The molecular formula is C18H34N2O3. The zero-order chi connectivity index (χ0) is 16.9. The molecule has 2 rings (SSSR count). The number of piperidine rings is 1. The Morgan fingerprint density at radius 3 is 2.70 bits per heavy atom. The SMILES string of the molecule is CC1(CNCC2CCCN(C(=O)OC(C)(C)C)C2)CCOCC1. The summed E-state index contributed by atoms with van der Waals surface area (Å²) in [6.07, 6.45) is 4.35. The minimum atomic E-state index is -0.417. The summed E-state index contributed by atoms with van der Waals surface area (Å²) in [7, 11) is 0. The Labute approximate surface area is 141 Å². The zero-order valence-electron chi connectivity index (χ0n) is 15.3. The molecule has 0 aliphatic carbocycles.